The zero-order chi connectivity index (χ0) is 17.5. The summed E-state index contributed by atoms with van der Waals surface area (Å²) in [5.74, 6) is 1.93. The van der Waals surface area contributed by atoms with E-state index in [-0.39, 0.29) is 24.0 Å². The number of nitrogens with one attached hydrogen (secondary N) is 2. The van der Waals surface area contributed by atoms with Gasteiger partial charge < -0.3 is 20.1 Å². The van der Waals surface area contributed by atoms with Gasteiger partial charge in [0.25, 0.3) is 0 Å². The zero-order valence-corrected chi connectivity index (χ0v) is 18.2. The number of imidazole rings is 1. The van der Waals surface area contributed by atoms with Crippen molar-refractivity contribution in [1.82, 2.24) is 25.1 Å². The van der Waals surface area contributed by atoms with Crippen LogP contribution in [0, 0.1) is 6.92 Å². The van der Waals surface area contributed by atoms with Gasteiger partial charge in [0, 0.05) is 33.2 Å². The van der Waals surface area contributed by atoms with Crippen molar-refractivity contribution in [2.75, 3.05) is 39.8 Å². The first-order chi connectivity index (χ1) is 12.3. The van der Waals surface area contributed by atoms with Gasteiger partial charge in [-0.3, -0.25) is 4.99 Å². The van der Waals surface area contributed by atoms with E-state index in [0.29, 0.717) is 0 Å². The Balaban J connectivity index is 0.00000243. The van der Waals surface area contributed by atoms with Gasteiger partial charge in [0.05, 0.1) is 11.0 Å². The summed E-state index contributed by atoms with van der Waals surface area (Å²) in [6.45, 7) is 8.26. The van der Waals surface area contributed by atoms with Crippen molar-refractivity contribution in [3.63, 3.8) is 0 Å². The van der Waals surface area contributed by atoms with Gasteiger partial charge in [0.1, 0.15) is 5.82 Å². The summed E-state index contributed by atoms with van der Waals surface area (Å²) < 4.78 is 2.25. The molecule has 1 saturated heterocycles. The quantitative estimate of drug-likeness (QED) is 0.387. The van der Waals surface area contributed by atoms with Crippen molar-refractivity contribution in [3.8, 4) is 0 Å². The molecule has 0 atom stereocenters. The monoisotopic (exact) mass is 470 g/mol. The number of nitrogens with zero attached hydrogens (tertiary/aromatic N) is 4. The molecule has 1 aromatic carbocycles. The molecule has 3 rings (SSSR count). The second-order valence-electron chi connectivity index (χ2n) is 6.63. The van der Waals surface area contributed by atoms with Crippen molar-refractivity contribution < 1.29 is 0 Å². The topological polar surface area (TPSA) is 57.5 Å². The third kappa shape index (κ3) is 5.57. The number of aromatic nitrogens is 2. The molecule has 0 bridgehead atoms. The standard InChI is InChI=1S/C19H30N6.HI/c1-16-23-17-8-4-5-9-18(17)25(16)15-11-22-19(20-2)21-10-14-24-12-6-3-7-13-24;/h4-5,8-9H,3,6-7,10-15H2,1-2H3,(H2,20,21,22);1H. The third-order valence-electron chi connectivity index (χ3n) is 4.87. The third-order valence-corrected chi connectivity index (χ3v) is 4.87. The fourth-order valence-corrected chi connectivity index (χ4v) is 3.50. The van der Waals surface area contributed by atoms with Crippen molar-refractivity contribution in [2.45, 2.75) is 32.7 Å². The first-order valence-corrected chi connectivity index (χ1v) is 9.36. The lowest BCUT2D eigenvalue weighted by Gasteiger charge is -2.26. The Hall–Kier alpha value is -1.35. The number of hydrogen-bond donors (Lipinski definition) is 2. The summed E-state index contributed by atoms with van der Waals surface area (Å²) in [5, 5.41) is 6.83. The van der Waals surface area contributed by atoms with Gasteiger partial charge in [-0.2, -0.15) is 0 Å². The lowest BCUT2D eigenvalue weighted by atomic mass is 10.1. The van der Waals surface area contributed by atoms with Gasteiger partial charge in [-0.1, -0.05) is 18.6 Å². The number of aryl methyl sites for hydroxylation is 1. The van der Waals surface area contributed by atoms with E-state index in [2.05, 4.69) is 55.2 Å². The molecule has 1 aliphatic heterocycles. The summed E-state index contributed by atoms with van der Waals surface area (Å²) in [5.41, 5.74) is 2.25. The maximum atomic E-state index is 4.62. The molecule has 2 heterocycles. The van der Waals surface area contributed by atoms with Crippen LogP contribution in [0.2, 0.25) is 0 Å². The smallest absolute Gasteiger partial charge is 0.191 e. The number of benzene rings is 1. The van der Waals surface area contributed by atoms with Crippen LogP contribution in [0.3, 0.4) is 0 Å². The average Bonchev–Trinajstić information content (AvgIpc) is 2.97. The van der Waals surface area contributed by atoms with Gasteiger partial charge in [-0.15, -0.1) is 24.0 Å². The minimum absolute atomic E-state index is 0. The second kappa shape index (κ2) is 10.7. The van der Waals surface area contributed by atoms with Gasteiger partial charge in [-0.05, 0) is 45.0 Å². The van der Waals surface area contributed by atoms with E-state index in [1.165, 1.54) is 37.9 Å². The number of guanidine groups is 1. The number of fused-ring (bicyclic) bond motifs is 1. The predicted molar refractivity (Wildman–Crippen MR) is 120 cm³/mol. The highest BCUT2D eigenvalue weighted by molar-refractivity contribution is 14.0. The van der Waals surface area contributed by atoms with Crippen LogP contribution in [0.25, 0.3) is 11.0 Å². The van der Waals surface area contributed by atoms with Gasteiger partial charge in [0.2, 0.25) is 0 Å². The number of para-hydroxylation sites is 2. The van der Waals surface area contributed by atoms with Gasteiger partial charge >= 0.3 is 0 Å². The number of piperidine rings is 1. The average molecular weight is 470 g/mol. The van der Waals surface area contributed by atoms with E-state index < -0.39 is 0 Å². The summed E-state index contributed by atoms with van der Waals surface area (Å²) in [6.07, 6.45) is 4.06. The molecule has 0 aliphatic carbocycles. The van der Waals surface area contributed by atoms with Crippen LogP contribution < -0.4 is 10.6 Å². The summed E-state index contributed by atoms with van der Waals surface area (Å²) in [4.78, 5) is 11.5. The minimum atomic E-state index is 0. The highest BCUT2D eigenvalue weighted by atomic mass is 127. The maximum absolute atomic E-state index is 4.62. The summed E-state index contributed by atoms with van der Waals surface area (Å²) >= 11 is 0. The second-order valence-corrected chi connectivity index (χ2v) is 6.63. The molecule has 0 unspecified atom stereocenters. The van der Waals surface area contributed by atoms with E-state index >= 15 is 0 Å². The molecular weight excluding hydrogens is 439 g/mol. The van der Waals surface area contributed by atoms with Crippen LogP contribution in [-0.4, -0.2) is 60.2 Å². The van der Waals surface area contributed by atoms with E-state index in [1.807, 2.05) is 13.1 Å². The molecule has 0 spiro atoms. The van der Waals surface area contributed by atoms with Crippen molar-refractivity contribution in [1.29, 1.82) is 0 Å². The van der Waals surface area contributed by atoms with Crippen LogP contribution in [0.1, 0.15) is 25.1 Å². The fraction of sp³-hybridized carbons (Fsp3) is 0.579. The Morgan fingerprint density at radius 1 is 1.08 bits per heavy atom. The Morgan fingerprint density at radius 2 is 1.77 bits per heavy atom. The molecule has 2 N–H and O–H groups in total. The van der Waals surface area contributed by atoms with Gasteiger partial charge in [-0.25, -0.2) is 4.98 Å². The predicted octanol–water partition coefficient (Wildman–Crippen LogP) is 2.61. The van der Waals surface area contributed by atoms with Crippen LogP contribution in [-0.2, 0) is 6.54 Å². The lowest BCUT2D eigenvalue weighted by molar-refractivity contribution is 0.232. The number of likely N-dealkylation sites (tertiary alicyclic amines) is 1. The van der Waals surface area contributed by atoms with Crippen LogP contribution in [0.5, 0.6) is 0 Å². The van der Waals surface area contributed by atoms with E-state index in [4.69, 9.17) is 0 Å². The SMILES string of the molecule is CN=C(NCCN1CCCCC1)NCCn1c(C)nc2ccccc21.I. The Bertz CT molecular complexity index is 705. The van der Waals surface area contributed by atoms with Crippen LogP contribution in [0.4, 0.5) is 0 Å². The van der Waals surface area contributed by atoms with Crippen molar-refractivity contribution >= 4 is 41.0 Å². The number of halogens is 1. The van der Waals surface area contributed by atoms with Crippen LogP contribution >= 0.6 is 24.0 Å². The molecule has 26 heavy (non-hydrogen) atoms. The molecule has 7 heteroatoms. The Kier molecular flexibility index (Phi) is 8.64. The number of rotatable bonds is 6. The van der Waals surface area contributed by atoms with E-state index in [1.54, 1.807) is 0 Å². The minimum Gasteiger partial charge on any atom is -0.355 e. The number of aliphatic imine (C=N–C) groups is 1. The largest absolute Gasteiger partial charge is 0.355 e. The summed E-state index contributed by atoms with van der Waals surface area (Å²) in [7, 11) is 1.83. The molecular formula is C19H31IN6. The lowest BCUT2D eigenvalue weighted by Crippen LogP contribution is -2.43. The molecule has 1 fully saturated rings. The van der Waals surface area contributed by atoms with E-state index in [9.17, 15) is 0 Å². The highest BCUT2D eigenvalue weighted by Crippen LogP contribution is 2.14. The fourth-order valence-electron chi connectivity index (χ4n) is 3.50. The highest BCUT2D eigenvalue weighted by Gasteiger charge is 2.10. The molecule has 1 aliphatic rings. The molecule has 0 amide bonds. The summed E-state index contributed by atoms with van der Waals surface area (Å²) in [6, 6.07) is 8.29. The van der Waals surface area contributed by atoms with Gasteiger partial charge in [0.15, 0.2) is 5.96 Å². The Morgan fingerprint density at radius 3 is 2.50 bits per heavy atom. The zero-order valence-electron chi connectivity index (χ0n) is 15.9. The molecule has 2 aromatic rings. The normalized spacial score (nSPS) is 15.7. The molecule has 144 valence electrons. The Labute approximate surface area is 173 Å². The first-order valence-electron chi connectivity index (χ1n) is 9.36. The van der Waals surface area contributed by atoms with Crippen molar-refractivity contribution in [3.05, 3.63) is 30.1 Å². The first kappa shape index (κ1) is 21.0. The van der Waals surface area contributed by atoms with Crippen LogP contribution in [0.15, 0.2) is 29.3 Å². The molecule has 6 nitrogen and oxygen atoms in total. The molecule has 0 saturated carbocycles. The number of hydrogen-bond acceptors (Lipinski definition) is 3. The maximum Gasteiger partial charge on any atom is 0.191 e. The molecule has 1 aromatic heterocycles. The molecule has 0 radical (unpaired) electrons. The van der Waals surface area contributed by atoms with Crippen molar-refractivity contribution in [2.24, 2.45) is 4.99 Å². The van der Waals surface area contributed by atoms with E-state index in [0.717, 1.165) is 43.5 Å².